The van der Waals surface area contributed by atoms with Crippen molar-refractivity contribution in [3.63, 3.8) is 0 Å². The Labute approximate surface area is 112 Å². The van der Waals surface area contributed by atoms with Crippen LogP contribution in [0.4, 0.5) is 24.7 Å². The van der Waals surface area contributed by atoms with Gasteiger partial charge in [0, 0.05) is 0 Å². The second-order valence-electron chi connectivity index (χ2n) is 4.09. The predicted octanol–water partition coefficient (Wildman–Crippen LogP) is 2.64. The van der Waals surface area contributed by atoms with E-state index in [4.69, 9.17) is 5.73 Å². The van der Waals surface area contributed by atoms with Gasteiger partial charge in [-0.3, -0.25) is 4.79 Å². The second kappa shape index (κ2) is 5.20. The molecule has 3 N–H and O–H groups in total. The number of aryl methyl sites for hydroxylation is 1. The number of hydrogen-bond donors (Lipinski definition) is 2. The zero-order valence-corrected chi connectivity index (χ0v) is 10.4. The molecule has 1 amide bonds. The van der Waals surface area contributed by atoms with Crippen LogP contribution in [0.15, 0.2) is 24.4 Å². The van der Waals surface area contributed by atoms with E-state index < -0.39 is 29.0 Å². The number of amides is 1. The van der Waals surface area contributed by atoms with Crippen LogP contribution in [0.25, 0.3) is 0 Å². The van der Waals surface area contributed by atoms with E-state index in [1.807, 2.05) is 5.32 Å². The first-order valence-electron chi connectivity index (χ1n) is 5.57. The molecule has 0 aliphatic rings. The van der Waals surface area contributed by atoms with E-state index in [1.54, 1.807) is 0 Å². The zero-order chi connectivity index (χ0) is 14.9. The Bertz CT molecular complexity index is 689. The monoisotopic (exact) mass is 281 g/mol. The van der Waals surface area contributed by atoms with Crippen LogP contribution in [0, 0.1) is 24.4 Å². The largest absolute Gasteiger partial charge is 0.383 e. The molecule has 1 aromatic heterocycles. The summed E-state index contributed by atoms with van der Waals surface area (Å²) in [6.07, 6.45) is 0.833. The van der Waals surface area contributed by atoms with Gasteiger partial charge < -0.3 is 11.1 Å². The van der Waals surface area contributed by atoms with E-state index in [-0.39, 0.29) is 16.9 Å². The lowest BCUT2D eigenvalue weighted by atomic mass is 10.1. The number of nitrogen functional groups attached to an aromatic ring is 1. The third-order valence-electron chi connectivity index (χ3n) is 2.65. The van der Waals surface area contributed by atoms with E-state index in [2.05, 4.69) is 4.98 Å². The molecule has 1 aromatic carbocycles. The smallest absolute Gasteiger partial charge is 0.259 e. The maximum Gasteiger partial charge on any atom is 0.259 e. The number of nitrogens with zero attached hydrogens (tertiary/aromatic N) is 1. The summed E-state index contributed by atoms with van der Waals surface area (Å²) in [5.41, 5.74) is 4.67. The summed E-state index contributed by atoms with van der Waals surface area (Å²) >= 11 is 0. The molecule has 0 aliphatic heterocycles. The van der Waals surface area contributed by atoms with Gasteiger partial charge in [-0.25, -0.2) is 18.2 Å². The molecule has 0 aliphatic carbocycles. The van der Waals surface area contributed by atoms with Crippen molar-refractivity contribution in [2.24, 2.45) is 0 Å². The van der Waals surface area contributed by atoms with Crippen LogP contribution in [0.5, 0.6) is 0 Å². The average Bonchev–Trinajstić information content (AvgIpc) is 2.41. The number of pyridine rings is 1. The molecule has 0 saturated heterocycles. The summed E-state index contributed by atoms with van der Waals surface area (Å²) < 4.78 is 40.3. The van der Waals surface area contributed by atoms with Crippen LogP contribution in [-0.4, -0.2) is 10.9 Å². The highest BCUT2D eigenvalue weighted by Crippen LogP contribution is 2.23. The molecule has 0 atom stereocenters. The SMILES string of the molecule is Cc1ccc(F)c(NC(=O)c2cc(F)cnc2N)c1F. The Balaban J connectivity index is 2.38. The molecule has 104 valence electrons. The summed E-state index contributed by atoms with van der Waals surface area (Å²) in [6.45, 7) is 1.42. The number of carbonyl (C=O) groups is 1. The Kier molecular flexibility index (Phi) is 3.60. The van der Waals surface area contributed by atoms with E-state index in [0.29, 0.717) is 0 Å². The number of halogens is 3. The molecule has 2 rings (SSSR count). The Morgan fingerprint density at radius 1 is 1.30 bits per heavy atom. The summed E-state index contributed by atoms with van der Waals surface area (Å²) in [7, 11) is 0. The van der Waals surface area contributed by atoms with Gasteiger partial charge in [0.1, 0.15) is 23.1 Å². The van der Waals surface area contributed by atoms with Gasteiger partial charge in [-0.1, -0.05) is 6.07 Å². The van der Waals surface area contributed by atoms with Crippen LogP contribution in [0.3, 0.4) is 0 Å². The Hall–Kier alpha value is -2.57. The van der Waals surface area contributed by atoms with Crippen molar-refractivity contribution in [2.75, 3.05) is 11.1 Å². The van der Waals surface area contributed by atoms with E-state index in [0.717, 1.165) is 18.3 Å². The van der Waals surface area contributed by atoms with Crippen molar-refractivity contribution in [1.29, 1.82) is 0 Å². The van der Waals surface area contributed by atoms with Crippen molar-refractivity contribution in [3.8, 4) is 0 Å². The van der Waals surface area contributed by atoms with Gasteiger partial charge in [0.15, 0.2) is 5.82 Å². The fourth-order valence-corrected chi connectivity index (χ4v) is 1.58. The highest BCUT2D eigenvalue weighted by Gasteiger charge is 2.18. The predicted molar refractivity (Wildman–Crippen MR) is 67.7 cm³/mol. The molecule has 20 heavy (non-hydrogen) atoms. The fourth-order valence-electron chi connectivity index (χ4n) is 1.58. The van der Waals surface area contributed by atoms with Crippen molar-refractivity contribution >= 4 is 17.4 Å². The molecule has 0 unspecified atom stereocenters. The summed E-state index contributed by atoms with van der Waals surface area (Å²) in [4.78, 5) is 15.3. The minimum absolute atomic E-state index is 0.159. The standard InChI is InChI=1S/C13H10F3N3O/c1-6-2-3-9(15)11(10(6)16)19-13(20)8-4-7(14)5-18-12(8)17/h2-5H,1H3,(H2,17,18)(H,19,20). The highest BCUT2D eigenvalue weighted by atomic mass is 19.1. The molecule has 4 nitrogen and oxygen atoms in total. The first-order chi connectivity index (χ1) is 9.40. The quantitative estimate of drug-likeness (QED) is 0.889. The topological polar surface area (TPSA) is 68.0 Å². The molecule has 0 spiro atoms. The van der Waals surface area contributed by atoms with Crippen molar-refractivity contribution in [2.45, 2.75) is 6.92 Å². The molecule has 7 heteroatoms. The molecular weight excluding hydrogens is 271 g/mol. The van der Waals surface area contributed by atoms with Gasteiger partial charge in [-0.05, 0) is 24.6 Å². The molecule has 0 saturated carbocycles. The zero-order valence-electron chi connectivity index (χ0n) is 10.4. The first-order valence-corrected chi connectivity index (χ1v) is 5.57. The van der Waals surface area contributed by atoms with Gasteiger partial charge in [-0.2, -0.15) is 0 Å². The normalized spacial score (nSPS) is 10.4. The molecule has 0 bridgehead atoms. The van der Waals surface area contributed by atoms with Crippen LogP contribution < -0.4 is 11.1 Å². The number of hydrogen-bond acceptors (Lipinski definition) is 3. The number of nitrogens with one attached hydrogen (secondary N) is 1. The van der Waals surface area contributed by atoms with Gasteiger partial charge in [0.05, 0.1) is 11.8 Å². The molecule has 0 fully saturated rings. The maximum atomic E-state index is 13.7. The summed E-state index contributed by atoms with van der Waals surface area (Å²) in [5.74, 6) is -3.81. The number of aromatic nitrogens is 1. The van der Waals surface area contributed by atoms with Gasteiger partial charge in [0.2, 0.25) is 0 Å². The first kappa shape index (κ1) is 13.9. The Morgan fingerprint density at radius 3 is 2.70 bits per heavy atom. The lowest BCUT2D eigenvalue weighted by Gasteiger charge is -2.10. The highest BCUT2D eigenvalue weighted by molar-refractivity contribution is 6.07. The number of nitrogens with two attached hydrogens (primary N) is 1. The van der Waals surface area contributed by atoms with Crippen LogP contribution in [0.1, 0.15) is 15.9 Å². The van der Waals surface area contributed by atoms with E-state index in [9.17, 15) is 18.0 Å². The minimum Gasteiger partial charge on any atom is -0.383 e. The number of benzene rings is 1. The lowest BCUT2D eigenvalue weighted by Crippen LogP contribution is -2.17. The maximum absolute atomic E-state index is 13.7. The van der Waals surface area contributed by atoms with Gasteiger partial charge >= 0.3 is 0 Å². The average molecular weight is 281 g/mol. The van der Waals surface area contributed by atoms with Crippen LogP contribution in [-0.2, 0) is 0 Å². The Morgan fingerprint density at radius 2 is 2.00 bits per heavy atom. The number of rotatable bonds is 2. The second-order valence-corrected chi connectivity index (χ2v) is 4.09. The minimum atomic E-state index is -0.946. The third kappa shape index (κ3) is 2.56. The number of anilines is 2. The van der Waals surface area contributed by atoms with Crippen molar-refractivity contribution < 1.29 is 18.0 Å². The molecule has 1 heterocycles. The fraction of sp³-hybridized carbons (Fsp3) is 0.0769. The van der Waals surface area contributed by atoms with Crippen LogP contribution in [0.2, 0.25) is 0 Å². The van der Waals surface area contributed by atoms with Gasteiger partial charge in [-0.15, -0.1) is 0 Å². The molecular formula is C13H10F3N3O. The summed E-state index contributed by atoms with van der Waals surface area (Å²) in [6, 6.07) is 3.09. The van der Waals surface area contributed by atoms with Crippen molar-refractivity contribution in [1.82, 2.24) is 4.98 Å². The number of carbonyl (C=O) groups excluding carboxylic acids is 1. The third-order valence-corrected chi connectivity index (χ3v) is 2.65. The summed E-state index contributed by atoms with van der Waals surface area (Å²) in [5, 5.41) is 2.03. The van der Waals surface area contributed by atoms with Crippen LogP contribution >= 0.6 is 0 Å². The molecule has 0 radical (unpaired) electrons. The lowest BCUT2D eigenvalue weighted by molar-refractivity contribution is 0.102. The molecule has 2 aromatic rings. The van der Waals surface area contributed by atoms with Crippen molar-refractivity contribution in [3.05, 3.63) is 53.0 Å². The van der Waals surface area contributed by atoms with E-state index in [1.165, 1.54) is 13.0 Å². The van der Waals surface area contributed by atoms with Gasteiger partial charge in [0.25, 0.3) is 5.91 Å². The van der Waals surface area contributed by atoms with E-state index >= 15 is 0 Å².